The maximum Gasteiger partial charge on any atom is 0.217 e. The molecule has 1 amide bonds. The van der Waals surface area contributed by atoms with E-state index in [-0.39, 0.29) is 5.91 Å². The van der Waals surface area contributed by atoms with Gasteiger partial charge in [-0.05, 0) is 58.8 Å². The molecule has 1 heterocycles. The SMILES string of the molecule is CC(NCCCC(N)=O)C1CCN(C)CC1. The van der Waals surface area contributed by atoms with Crippen LogP contribution in [0, 0.1) is 5.92 Å². The molecule has 1 aliphatic rings. The Labute approximate surface area is 98.6 Å². The molecule has 1 fully saturated rings. The fraction of sp³-hybridized carbons (Fsp3) is 0.917. The molecule has 0 aromatic rings. The van der Waals surface area contributed by atoms with Crippen molar-refractivity contribution in [2.75, 3.05) is 26.7 Å². The number of rotatable bonds is 6. The molecular formula is C12H25N3O. The molecule has 0 saturated carbocycles. The standard InChI is InChI=1S/C12H25N3O/c1-10(14-7-3-4-12(13)16)11-5-8-15(2)9-6-11/h10-11,14H,3-9H2,1-2H3,(H2,13,16). The molecule has 1 atom stereocenters. The molecule has 0 aromatic carbocycles. The molecule has 0 spiro atoms. The molecule has 94 valence electrons. The zero-order valence-electron chi connectivity index (χ0n) is 10.5. The van der Waals surface area contributed by atoms with Crippen LogP contribution in [0.2, 0.25) is 0 Å². The first-order valence-corrected chi connectivity index (χ1v) is 6.30. The van der Waals surface area contributed by atoms with Gasteiger partial charge >= 0.3 is 0 Å². The Hall–Kier alpha value is -0.610. The molecule has 3 N–H and O–H groups in total. The summed E-state index contributed by atoms with van der Waals surface area (Å²) < 4.78 is 0. The Morgan fingerprint density at radius 2 is 2.12 bits per heavy atom. The maximum atomic E-state index is 10.6. The van der Waals surface area contributed by atoms with Gasteiger partial charge in [-0.3, -0.25) is 4.79 Å². The second kappa shape index (κ2) is 6.86. The number of nitrogens with zero attached hydrogens (tertiary/aromatic N) is 1. The highest BCUT2D eigenvalue weighted by atomic mass is 16.1. The third-order valence-electron chi connectivity index (χ3n) is 3.54. The minimum Gasteiger partial charge on any atom is -0.370 e. The first kappa shape index (κ1) is 13.5. The van der Waals surface area contributed by atoms with Gasteiger partial charge in [0.1, 0.15) is 0 Å². The van der Waals surface area contributed by atoms with Gasteiger partial charge in [-0.25, -0.2) is 0 Å². The van der Waals surface area contributed by atoms with E-state index in [4.69, 9.17) is 5.73 Å². The average Bonchev–Trinajstić information content (AvgIpc) is 2.25. The van der Waals surface area contributed by atoms with Gasteiger partial charge in [-0.1, -0.05) is 0 Å². The van der Waals surface area contributed by atoms with E-state index >= 15 is 0 Å². The fourth-order valence-corrected chi connectivity index (χ4v) is 2.29. The zero-order chi connectivity index (χ0) is 12.0. The third-order valence-corrected chi connectivity index (χ3v) is 3.54. The highest BCUT2D eigenvalue weighted by Crippen LogP contribution is 2.19. The van der Waals surface area contributed by atoms with E-state index in [2.05, 4.69) is 24.2 Å². The van der Waals surface area contributed by atoms with E-state index in [0.717, 1.165) is 18.9 Å². The Bertz CT molecular complexity index is 212. The summed E-state index contributed by atoms with van der Waals surface area (Å²) in [5, 5.41) is 3.50. The Kier molecular flexibility index (Phi) is 5.77. The lowest BCUT2D eigenvalue weighted by molar-refractivity contribution is -0.118. The van der Waals surface area contributed by atoms with E-state index in [1.165, 1.54) is 25.9 Å². The summed E-state index contributed by atoms with van der Waals surface area (Å²) in [7, 11) is 2.18. The van der Waals surface area contributed by atoms with Crippen molar-refractivity contribution in [3.05, 3.63) is 0 Å². The topological polar surface area (TPSA) is 58.4 Å². The number of hydrogen-bond donors (Lipinski definition) is 2. The van der Waals surface area contributed by atoms with Gasteiger partial charge in [-0.2, -0.15) is 0 Å². The number of primary amides is 1. The second-order valence-electron chi connectivity index (χ2n) is 4.95. The number of carbonyl (C=O) groups excluding carboxylic acids is 1. The second-order valence-corrected chi connectivity index (χ2v) is 4.95. The predicted molar refractivity (Wildman–Crippen MR) is 66.1 cm³/mol. The highest BCUT2D eigenvalue weighted by Gasteiger charge is 2.21. The van der Waals surface area contributed by atoms with Crippen LogP contribution >= 0.6 is 0 Å². The van der Waals surface area contributed by atoms with Crippen LogP contribution in [-0.4, -0.2) is 43.5 Å². The summed E-state index contributed by atoms with van der Waals surface area (Å²) in [5.41, 5.74) is 5.10. The molecule has 4 heteroatoms. The Morgan fingerprint density at radius 3 is 2.69 bits per heavy atom. The number of nitrogens with one attached hydrogen (secondary N) is 1. The summed E-state index contributed by atoms with van der Waals surface area (Å²) in [6.07, 6.45) is 3.90. The summed E-state index contributed by atoms with van der Waals surface area (Å²) in [5.74, 6) is 0.582. The monoisotopic (exact) mass is 227 g/mol. The van der Waals surface area contributed by atoms with Crippen LogP contribution in [0.15, 0.2) is 0 Å². The van der Waals surface area contributed by atoms with Crippen LogP contribution in [-0.2, 0) is 4.79 Å². The largest absolute Gasteiger partial charge is 0.370 e. The molecule has 1 saturated heterocycles. The van der Waals surface area contributed by atoms with E-state index in [9.17, 15) is 4.79 Å². The van der Waals surface area contributed by atoms with Crippen molar-refractivity contribution < 1.29 is 4.79 Å². The van der Waals surface area contributed by atoms with E-state index in [1.807, 2.05) is 0 Å². The van der Waals surface area contributed by atoms with E-state index in [0.29, 0.717) is 12.5 Å². The molecule has 4 nitrogen and oxygen atoms in total. The van der Waals surface area contributed by atoms with Gasteiger partial charge in [0.25, 0.3) is 0 Å². The average molecular weight is 227 g/mol. The lowest BCUT2D eigenvalue weighted by Gasteiger charge is -2.33. The van der Waals surface area contributed by atoms with E-state index < -0.39 is 0 Å². The lowest BCUT2D eigenvalue weighted by Crippen LogP contribution is -2.41. The van der Waals surface area contributed by atoms with Crippen LogP contribution in [0.5, 0.6) is 0 Å². The molecular weight excluding hydrogens is 202 g/mol. The zero-order valence-corrected chi connectivity index (χ0v) is 10.5. The van der Waals surface area contributed by atoms with E-state index in [1.54, 1.807) is 0 Å². The first-order valence-electron chi connectivity index (χ1n) is 6.30. The minimum absolute atomic E-state index is 0.200. The number of carbonyl (C=O) groups is 1. The first-order chi connectivity index (χ1) is 7.59. The number of amides is 1. The number of nitrogens with two attached hydrogens (primary N) is 1. The molecule has 0 aromatic heterocycles. The molecule has 1 aliphatic heterocycles. The Balaban J connectivity index is 2.10. The fourth-order valence-electron chi connectivity index (χ4n) is 2.29. The van der Waals surface area contributed by atoms with Gasteiger partial charge in [0, 0.05) is 12.5 Å². The molecule has 1 rings (SSSR count). The quantitative estimate of drug-likeness (QED) is 0.652. The number of likely N-dealkylation sites (tertiary alicyclic amines) is 1. The van der Waals surface area contributed by atoms with Crippen molar-refractivity contribution in [2.45, 2.75) is 38.6 Å². The highest BCUT2D eigenvalue weighted by molar-refractivity contribution is 5.73. The van der Waals surface area contributed by atoms with Crippen molar-refractivity contribution in [3.8, 4) is 0 Å². The van der Waals surface area contributed by atoms with Crippen LogP contribution in [0.3, 0.4) is 0 Å². The van der Waals surface area contributed by atoms with Gasteiger partial charge in [0.05, 0.1) is 0 Å². The minimum atomic E-state index is -0.200. The van der Waals surface area contributed by atoms with Crippen LogP contribution < -0.4 is 11.1 Å². The molecule has 0 radical (unpaired) electrons. The molecule has 16 heavy (non-hydrogen) atoms. The third kappa shape index (κ3) is 4.94. The van der Waals surface area contributed by atoms with Gasteiger partial charge in [-0.15, -0.1) is 0 Å². The summed E-state index contributed by atoms with van der Waals surface area (Å²) in [4.78, 5) is 13.0. The van der Waals surface area contributed by atoms with Gasteiger partial charge < -0.3 is 16.0 Å². The maximum absolute atomic E-state index is 10.6. The normalized spacial score (nSPS) is 20.9. The van der Waals surface area contributed by atoms with Crippen molar-refractivity contribution in [2.24, 2.45) is 11.7 Å². The van der Waals surface area contributed by atoms with Gasteiger partial charge in [0.15, 0.2) is 0 Å². The lowest BCUT2D eigenvalue weighted by atomic mass is 9.90. The smallest absolute Gasteiger partial charge is 0.217 e. The number of hydrogen-bond acceptors (Lipinski definition) is 3. The van der Waals surface area contributed by atoms with Crippen LogP contribution in [0.4, 0.5) is 0 Å². The molecule has 0 aliphatic carbocycles. The van der Waals surface area contributed by atoms with Crippen molar-refractivity contribution in [3.63, 3.8) is 0 Å². The van der Waals surface area contributed by atoms with Crippen molar-refractivity contribution in [1.82, 2.24) is 10.2 Å². The van der Waals surface area contributed by atoms with Crippen molar-refractivity contribution in [1.29, 1.82) is 0 Å². The predicted octanol–water partition coefficient (Wildman–Crippen LogP) is 0.572. The molecule has 1 unspecified atom stereocenters. The van der Waals surface area contributed by atoms with Crippen LogP contribution in [0.25, 0.3) is 0 Å². The summed E-state index contributed by atoms with van der Waals surface area (Å²) in [6.45, 7) is 5.56. The van der Waals surface area contributed by atoms with Gasteiger partial charge in [0.2, 0.25) is 5.91 Å². The Morgan fingerprint density at radius 1 is 1.50 bits per heavy atom. The summed E-state index contributed by atoms with van der Waals surface area (Å²) >= 11 is 0. The number of piperidine rings is 1. The molecule has 0 bridgehead atoms. The summed E-state index contributed by atoms with van der Waals surface area (Å²) in [6, 6.07) is 0.557. The van der Waals surface area contributed by atoms with Crippen molar-refractivity contribution >= 4 is 5.91 Å². The van der Waals surface area contributed by atoms with Crippen LogP contribution in [0.1, 0.15) is 32.6 Å².